The van der Waals surface area contributed by atoms with E-state index in [4.69, 9.17) is 0 Å². The molecule has 1 heteroatoms. The third-order valence-corrected chi connectivity index (χ3v) is 0.437. The van der Waals surface area contributed by atoms with Gasteiger partial charge in [0.2, 0.25) is 0 Å². The van der Waals surface area contributed by atoms with Crippen LogP contribution in [0.2, 0.25) is 0 Å². The van der Waals surface area contributed by atoms with Crippen molar-refractivity contribution in [3.05, 3.63) is 12.7 Å². The Morgan fingerprint density at radius 1 is 1.80 bits per heavy atom. The summed E-state index contributed by atoms with van der Waals surface area (Å²) >= 11 is 2.15. The van der Waals surface area contributed by atoms with Crippen LogP contribution in [0, 0.1) is 10.6 Å². The van der Waals surface area contributed by atoms with Crippen LogP contribution in [0.15, 0.2) is 12.7 Å². The Morgan fingerprint density at radius 3 is 2.40 bits per heavy atom. The van der Waals surface area contributed by atoms with Gasteiger partial charge in [-0.3, -0.25) is 0 Å². The summed E-state index contributed by atoms with van der Waals surface area (Å²) in [4.78, 5) is 0. The van der Waals surface area contributed by atoms with Crippen LogP contribution in [0.4, 0.5) is 0 Å². The summed E-state index contributed by atoms with van der Waals surface area (Å²) < 4.78 is 2.59. The Balaban J connectivity index is 3.16. The predicted molar refractivity (Wildman–Crippen MR) is 23.7 cm³/mol. The molecular weight excluding hydrogens is 123 g/mol. The van der Waals surface area contributed by atoms with Gasteiger partial charge in [0.25, 0.3) is 0 Å². The van der Waals surface area contributed by atoms with Crippen molar-refractivity contribution in [2.45, 2.75) is 0 Å². The molecule has 0 spiro atoms. The van der Waals surface area contributed by atoms with E-state index in [0.29, 0.717) is 0 Å². The second-order valence-corrected chi connectivity index (χ2v) is 0.929. The maximum atomic E-state index is 3.37. The van der Waals surface area contributed by atoms with Crippen LogP contribution in [0.5, 0.6) is 0 Å². The van der Waals surface area contributed by atoms with Crippen LogP contribution in [0.1, 0.15) is 0 Å². The molecule has 0 unspecified atom stereocenters. The molecule has 0 aliphatic heterocycles. The number of hydrogen-bond acceptors (Lipinski definition) is 0. The molecule has 0 saturated carbocycles. The molecule has 0 fully saturated rings. The van der Waals surface area contributed by atoms with E-state index in [1.165, 1.54) is 0 Å². The topological polar surface area (TPSA) is 0 Å². The van der Waals surface area contributed by atoms with Gasteiger partial charge in [-0.25, -0.2) is 0 Å². The molecule has 0 aliphatic carbocycles. The van der Waals surface area contributed by atoms with E-state index in [2.05, 4.69) is 34.1 Å². The summed E-state index contributed by atoms with van der Waals surface area (Å²) in [6.07, 6.45) is 1.55. The molecule has 0 bridgehead atoms. The summed E-state index contributed by atoms with van der Waals surface area (Å²) in [6, 6.07) is 0. The summed E-state index contributed by atoms with van der Waals surface area (Å²) in [5.74, 6) is 2.60. The fourth-order valence-corrected chi connectivity index (χ4v) is 0.237. The molecule has 0 aromatic heterocycles. The molecule has 0 aromatic carbocycles. The van der Waals surface area contributed by atoms with Gasteiger partial charge in [-0.15, -0.1) is 0 Å². The summed E-state index contributed by atoms with van der Waals surface area (Å²) in [5.41, 5.74) is 0. The summed E-state index contributed by atoms with van der Waals surface area (Å²) in [5, 5.41) is 0. The van der Waals surface area contributed by atoms with Crippen molar-refractivity contribution in [3.8, 4) is 10.6 Å². The molecule has 0 amide bonds. The zero-order chi connectivity index (χ0) is 4.12. The van der Waals surface area contributed by atoms with E-state index in [1.54, 1.807) is 6.08 Å². The Morgan fingerprint density at radius 2 is 2.40 bits per heavy atom. The SMILES string of the molecule is C=CC#C[As]. The first-order chi connectivity index (χ1) is 2.41. The van der Waals surface area contributed by atoms with Crippen molar-refractivity contribution in [2.75, 3.05) is 0 Å². The monoisotopic (exact) mass is 126 g/mol. The molecule has 0 nitrogen and oxygen atoms in total. The first-order valence-electron chi connectivity index (χ1n) is 1.17. The minimum absolute atomic E-state index is 1.55. The second kappa shape index (κ2) is 3.86. The van der Waals surface area contributed by atoms with Crippen molar-refractivity contribution < 1.29 is 0 Å². The molecule has 0 atom stereocenters. The Hall–Kier alpha value is -0.142. The Kier molecular flexibility index (Phi) is 3.75. The van der Waals surface area contributed by atoms with Crippen molar-refractivity contribution in [3.63, 3.8) is 0 Å². The van der Waals surface area contributed by atoms with Crippen LogP contribution in [-0.4, -0.2) is 16.9 Å². The van der Waals surface area contributed by atoms with Gasteiger partial charge in [0.15, 0.2) is 0 Å². The van der Waals surface area contributed by atoms with Crippen molar-refractivity contribution >= 4 is 16.9 Å². The zero-order valence-corrected chi connectivity index (χ0v) is 4.61. The Bertz CT molecular complexity index is 73.4. The van der Waals surface area contributed by atoms with Gasteiger partial charge in [-0.2, -0.15) is 0 Å². The molecule has 2 radical (unpaired) electrons. The van der Waals surface area contributed by atoms with E-state index in [-0.39, 0.29) is 0 Å². The zero-order valence-electron chi connectivity index (χ0n) is 2.73. The number of hydrogen-bond donors (Lipinski definition) is 0. The van der Waals surface area contributed by atoms with E-state index in [0.717, 1.165) is 0 Å². The van der Waals surface area contributed by atoms with Crippen LogP contribution in [0.3, 0.4) is 0 Å². The average Bonchev–Trinajstić information content (AvgIpc) is 1.41. The fraction of sp³-hybridized carbons (Fsp3) is 0. The van der Waals surface area contributed by atoms with Gasteiger partial charge < -0.3 is 0 Å². The second-order valence-electron chi connectivity index (χ2n) is 0.460. The molecule has 24 valence electrons. The molecular formula is C4H3As. The average molecular weight is 126 g/mol. The minimum atomic E-state index is 1.55. The number of allylic oxidation sites excluding steroid dienone is 1. The molecule has 0 rings (SSSR count). The quantitative estimate of drug-likeness (QED) is 0.323. The third kappa shape index (κ3) is 3.86. The van der Waals surface area contributed by atoms with Crippen LogP contribution in [0.25, 0.3) is 0 Å². The number of rotatable bonds is 0. The van der Waals surface area contributed by atoms with Gasteiger partial charge in [0, 0.05) is 0 Å². The summed E-state index contributed by atoms with van der Waals surface area (Å²) in [6.45, 7) is 3.37. The van der Waals surface area contributed by atoms with Crippen LogP contribution < -0.4 is 0 Å². The van der Waals surface area contributed by atoms with E-state index < -0.39 is 0 Å². The van der Waals surface area contributed by atoms with E-state index in [1.807, 2.05) is 0 Å². The first kappa shape index (κ1) is 4.86. The molecule has 5 heavy (non-hydrogen) atoms. The normalized spacial score (nSPS) is 4.20. The summed E-state index contributed by atoms with van der Waals surface area (Å²) in [7, 11) is 0. The molecule has 0 saturated heterocycles. The van der Waals surface area contributed by atoms with E-state index >= 15 is 0 Å². The van der Waals surface area contributed by atoms with Gasteiger partial charge in [-0.1, -0.05) is 0 Å². The van der Waals surface area contributed by atoms with Gasteiger partial charge in [0.1, 0.15) is 0 Å². The standard InChI is InChI=1S/C4H3As/c1-2-3-4-5/h2H,1H2. The Labute approximate surface area is 40.8 Å². The van der Waals surface area contributed by atoms with Crippen LogP contribution in [-0.2, 0) is 0 Å². The fourth-order valence-electron chi connectivity index (χ4n) is 0.0456. The molecule has 0 N–H and O–H groups in total. The van der Waals surface area contributed by atoms with Crippen molar-refractivity contribution in [1.82, 2.24) is 0 Å². The maximum absolute atomic E-state index is 3.37. The molecule has 0 aromatic rings. The van der Waals surface area contributed by atoms with Crippen molar-refractivity contribution in [2.24, 2.45) is 0 Å². The first-order valence-corrected chi connectivity index (χ1v) is 2.11. The van der Waals surface area contributed by atoms with Gasteiger partial charge >= 0.3 is 40.1 Å². The van der Waals surface area contributed by atoms with Crippen LogP contribution >= 0.6 is 0 Å². The molecule has 0 heterocycles. The molecule has 0 aliphatic rings. The van der Waals surface area contributed by atoms with Crippen molar-refractivity contribution in [1.29, 1.82) is 0 Å². The van der Waals surface area contributed by atoms with Gasteiger partial charge in [0.05, 0.1) is 0 Å². The van der Waals surface area contributed by atoms with E-state index in [9.17, 15) is 0 Å². The third-order valence-electron chi connectivity index (χ3n) is 0.167. The van der Waals surface area contributed by atoms with Gasteiger partial charge in [-0.05, 0) is 0 Å². The predicted octanol–water partition coefficient (Wildman–Crippen LogP) is 0.302.